The van der Waals surface area contributed by atoms with E-state index in [1.54, 1.807) is 0 Å². The van der Waals surface area contributed by atoms with Crippen LogP contribution in [0.2, 0.25) is 0 Å². The van der Waals surface area contributed by atoms with E-state index in [0.717, 1.165) is 21.9 Å². The van der Waals surface area contributed by atoms with Gasteiger partial charge in [0.25, 0.3) is 0 Å². The Morgan fingerprint density at radius 3 is 1.26 bits per heavy atom. The Labute approximate surface area is 307 Å². The third-order valence-corrected chi connectivity index (χ3v) is 11.0. The van der Waals surface area contributed by atoms with Crippen molar-refractivity contribution in [2.75, 3.05) is 0 Å². The molecule has 0 saturated carbocycles. The molecule has 11 aromatic rings. The first-order chi connectivity index (χ1) is 26.3. The molecule has 0 bridgehead atoms. The van der Waals surface area contributed by atoms with Crippen LogP contribution in [0.4, 0.5) is 0 Å². The summed E-state index contributed by atoms with van der Waals surface area (Å²) in [5.41, 5.74) is 11.6. The van der Waals surface area contributed by atoms with Crippen LogP contribution in [0.3, 0.4) is 0 Å². The predicted octanol–water partition coefficient (Wildman–Crippen LogP) is 14.9. The fourth-order valence-corrected chi connectivity index (χ4v) is 8.55. The number of hydrogen-bond donors (Lipinski definition) is 0. The molecular weight excluding hydrogens is 641 g/mol. The van der Waals surface area contributed by atoms with Gasteiger partial charge in [-0.15, -0.1) is 0 Å². The lowest BCUT2D eigenvalue weighted by Gasteiger charge is -2.18. The van der Waals surface area contributed by atoms with Crippen LogP contribution in [0.25, 0.3) is 110 Å². The summed E-state index contributed by atoms with van der Waals surface area (Å²) in [5, 5.41) is 12.4. The lowest BCUT2D eigenvalue weighted by molar-refractivity contribution is 0.669. The van der Waals surface area contributed by atoms with Gasteiger partial charge in [-0.2, -0.15) is 0 Å². The molecular formula is C52H32O. The molecule has 0 amide bonds. The summed E-state index contributed by atoms with van der Waals surface area (Å²) >= 11 is 0. The van der Waals surface area contributed by atoms with Gasteiger partial charge in [-0.3, -0.25) is 0 Å². The van der Waals surface area contributed by atoms with E-state index in [-0.39, 0.29) is 0 Å². The van der Waals surface area contributed by atoms with Gasteiger partial charge in [0.05, 0.1) is 0 Å². The van der Waals surface area contributed by atoms with Crippen molar-refractivity contribution >= 4 is 65.0 Å². The number of furan rings is 1. The van der Waals surface area contributed by atoms with Crippen LogP contribution in [0, 0.1) is 0 Å². The molecule has 0 fully saturated rings. The number of fused-ring (bicyclic) bond motifs is 8. The van der Waals surface area contributed by atoms with Crippen LogP contribution >= 0.6 is 0 Å². The Balaban J connectivity index is 1.08. The third kappa shape index (κ3) is 4.79. The van der Waals surface area contributed by atoms with Crippen molar-refractivity contribution in [3.05, 3.63) is 194 Å². The zero-order chi connectivity index (χ0) is 34.9. The van der Waals surface area contributed by atoms with Gasteiger partial charge in [-0.1, -0.05) is 158 Å². The largest absolute Gasteiger partial charge is 0.456 e. The molecule has 0 saturated heterocycles. The molecule has 53 heavy (non-hydrogen) atoms. The Bertz CT molecular complexity index is 3180. The first-order valence-electron chi connectivity index (χ1n) is 18.2. The fourth-order valence-electron chi connectivity index (χ4n) is 8.55. The minimum absolute atomic E-state index is 0.914. The van der Waals surface area contributed by atoms with Gasteiger partial charge in [0.15, 0.2) is 0 Å². The van der Waals surface area contributed by atoms with Crippen molar-refractivity contribution in [3.63, 3.8) is 0 Å². The van der Waals surface area contributed by atoms with E-state index in [0.29, 0.717) is 0 Å². The molecule has 0 aliphatic heterocycles. The molecule has 0 aliphatic rings. The second-order valence-electron chi connectivity index (χ2n) is 14.0. The molecule has 0 aliphatic carbocycles. The summed E-state index contributed by atoms with van der Waals surface area (Å²) in [6.07, 6.45) is 0. The topological polar surface area (TPSA) is 13.1 Å². The molecule has 0 unspecified atom stereocenters. The summed E-state index contributed by atoms with van der Waals surface area (Å²) in [7, 11) is 0. The molecule has 10 aromatic carbocycles. The first kappa shape index (κ1) is 29.7. The molecule has 0 radical (unpaired) electrons. The average molecular weight is 673 g/mol. The Morgan fingerprint density at radius 1 is 0.226 bits per heavy atom. The second kappa shape index (κ2) is 11.8. The highest BCUT2D eigenvalue weighted by atomic mass is 16.3. The molecule has 11 rings (SSSR count). The maximum Gasteiger partial charge on any atom is 0.135 e. The molecule has 1 heteroatoms. The lowest BCUT2D eigenvalue weighted by Crippen LogP contribution is -1.91. The van der Waals surface area contributed by atoms with Crippen LogP contribution in [-0.2, 0) is 0 Å². The maximum atomic E-state index is 6.15. The summed E-state index contributed by atoms with van der Waals surface area (Å²) in [6, 6.07) is 70.7. The quantitative estimate of drug-likeness (QED) is 0.134. The van der Waals surface area contributed by atoms with E-state index in [9.17, 15) is 0 Å². The minimum atomic E-state index is 0.914. The number of rotatable bonds is 4. The van der Waals surface area contributed by atoms with Crippen LogP contribution < -0.4 is 0 Å². The lowest BCUT2D eigenvalue weighted by atomic mass is 9.85. The standard InChI is InChI=1S/C52H32O/c1-2-16-41-33(11-1)23-24-34-25-26-37(31-47(34)41)35-12-9-14-39(29-35)51-43-18-3-5-20-45(43)52(46-21-6-4-19-44(46)51)40-15-10-13-36(30-40)38-27-28-50-48(32-38)42-17-7-8-22-49(42)53-50/h1-32H. The highest BCUT2D eigenvalue weighted by molar-refractivity contribution is 6.21. The predicted molar refractivity (Wildman–Crippen MR) is 225 cm³/mol. The van der Waals surface area contributed by atoms with E-state index in [4.69, 9.17) is 4.42 Å². The summed E-state index contributed by atoms with van der Waals surface area (Å²) < 4.78 is 6.15. The number of benzene rings is 10. The highest BCUT2D eigenvalue weighted by Crippen LogP contribution is 2.45. The van der Waals surface area contributed by atoms with E-state index in [1.165, 1.54) is 87.6 Å². The molecule has 1 aromatic heterocycles. The van der Waals surface area contributed by atoms with Crippen LogP contribution in [0.15, 0.2) is 199 Å². The molecule has 0 atom stereocenters. The Kier molecular flexibility index (Phi) is 6.62. The van der Waals surface area contributed by atoms with Crippen molar-refractivity contribution in [1.82, 2.24) is 0 Å². The Hall–Kier alpha value is -6.96. The molecule has 0 spiro atoms. The van der Waals surface area contributed by atoms with Crippen molar-refractivity contribution < 1.29 is 4.42 Å². The van der Waals surface area contributed by atoms with Crippen molar-refractivity contribution in [2.24, 2.45) is 0 Å². The van der Waals surface area contributed by atoms with Gasteiger partial charge in [0, 0.05) is 10.8 Å². The van der Waals surface area contributed by atoms with Crippen LogP contribution in [-0.4, -0.2) is 0 Å². The van der Waals surface area contributed by atoms with Crippen molar-refractivity contribution in [1.29, 1.82) is 0 Å². The van der Waals surface area contributed by atoms with Gasteiger partial charge in [0.1, 0.15) is 11.2 Å². The van der Waals surface area contributed by atoms with Gasteiger partial charge in [-0.25, -0.2) is 0 Å². The molecule has 1 heterocycles. The average Bonchev–Trinajstić information content (AvgIpc) is 3.60. The molecule has 246 valence electrons. The smallest absolute Gasteiger partial charge is 0.135 e. The zero-order valence-electron chi connectivity index (χ0n) is 28.9. The van der Waals surface area contributed by atoms with E-state index < -0.39 is 0 Å². The maximum absolute atomic E-state index is 6.15. The SMILES string of the molecule is c1cc(-c2ccc3ccc4ccccc4c3c2)cc(-c2c3ccccc3c(-c3cccc(-c4ccc5oc6ccccc6c5c4)c3)c3ccccc23)c1. The zero-order valence-corrected chi connectivity index (χ0v) is 28.9. The summed E-state index contributed by atoms with van der Waals surface area (Å²) in [4.78, 5) is 0. The van der Waals surface area contributed by atoms with Crippen LogP contribution in [0.5, 0.6) is 0 Å². The molecule has 0 N–H and O–H groups in total. The normalized spacial score (nSPS) is 11.8. The van der Waals surface area contributed by atoms with Gasteiger partial charge in [-0.05, 0) is 124 Å². The minimum Gasteiger partial charge on any atom is -0.456 e. The van der Waals surface area contributed by atoms with Gasteiger partial charge in [0.2, 0.25) is 0 Å². The second-order valence-corrected chi connectivity index (χ2v) is 14.0. The van der Waals surface area contributed by atoms with Gasteiger partial charge < -0.3 is 4.42 Å². The summed E-state index contributed by atoms with van der Waals surface area (Å²) in [6.45, 7) is 0. The highest BCUT2D eigenvalue weighted by Gasteiger charge is 2.18. The van der Waals surface area contributed by atoms with E-state index in [2.05, 4.69) is 182 Å². The molecule has 1 nitrogen and oxygen atoms in total. The number of hydrogen-bond acceptors (Lipinski definition) is 1. The third-order valence-electron chi connectivity index (χ3n) is 11.0. The number of para-hydroxylation sites is 1. The van der Waals surface area contributed by atoms with Crippen molar-refractivity contribution in [3.8, 4) is 44.5 Å². The van der Waals surface area contributed by atoms with Crippen molar-refractivity contribution in [2.45, 2.75) is 0 Å². The van der Waals surface area contributed by atoms with Crippen LogP contribution in [0.1, 0.15) is 0 Å². The Morgan fingerprint density at radius 2 is 0.642 bits per heavy atom. The first-order valence-corrected chi connectivity index (χ1v) is 18.2. The monoisotopic (exact) mass is 672 g/mol. The van der Waals surface area contributed by atoms with E-state index in [1.807, 2.05) is 12.1 Å². The summed E-state index contributed by atoms with van der Waals surface area (Å²) in [5.74, 6) is 0. The van der Waals surface area contributed by atoms with E-state index >= 15 is 0 Å². The fraction of sp³-hybridized carbons (Fsp3) is 0. The van der Waals surface area contributed by atoms with Gasteiger partial charge >= 0.3 is 0 Å².